The first-order valence-corrected chi connectivity index (χ1v) is 9.72. The van der Waals surface area contributed by atoms with E-state index in [1.165, 1.54) is 5.56 Å². The summed E-state index contributed by atoms with van der Waals surface area (Å²) in [5.41, 5.74) is 2.17. The molecule has 1 fully saturated rings. The Morgan fingerprint density at radius 1 is 1.04 bits per heavy atom. The summed E-state index contributed by atoms with van der Waals surface area (Å²) >= 11 is 0. The van der Waals surface area contributed by atoms with Crippen LogP contribution in [0.25, 0.3) is 0 Å². The molecule has 1 aliphatic rings. The largest absolute Gasteiger partial charge is 0.491 e. The number of para-hydroxylation sites is 2. The molecule has 0 saturated carbocycles. The number of rotatable bonds is 11. The standard InChI is InChI=1S/C22H29NO4/c1-2-24-14-15-26-19-11-9-18(10-12-19)16-23-21-7-3-4-8-22(21)27-17-20-6-5-13-25-20/h3-4,7-12,20,23H,2,5-6,13-17H2,1H3. The Balaban J connectivity index is 1.47. The normalized spacial score (nSPS) is 16.3. The summed E-state index contributed by atoms with van der Waals surface area (Å²) < 4.78 is 22.5. The van der Waals surface area contributed by atoms with Crippen molar-refractivity contribution in [3.8, 4) is 11.5 Å². The van der Waals surface area contributed by atoms with Gasteiger partial charge in [-0.2, -0.15) is 0 Å². The van der Waals surface area contributed by atoms with Gasteiger partial charge in [0.1, 0.15) is 24.7 Å². The van der Waals surface area contributed by atoms with Gasteiger partial charge in [0.15, 0.2) is 0 Å². The summed E-state index contributed by atoms with van der Waals surface area (Å²) in [4.78, 5) is 0. The molecule has 27 heavy (non-hydrogen) atoms. The van der Waals surface area contributed by atoms with Gasteiger partial charge in [-0.05, 0) is 49.6 Å². The van der Waals surface area contributed by atoms with Crippen molar-refractivity contribution in [1.29, 1.82) is 0 Å². The molecule has 5 heteroatoms. The van der Waals surface area contributed by atoms with E-state index in [9.17, 15) is 0 Å². The van der Waals surface area contributed by atoms with Crippen LogP contribution in [0.3, 0.4) is 0 Å². The van der Waals surface area contributed by atoms with Crippen LogP contribution < -0.4 is 14.8 Å². The molecular formula is C22H29NO4. The van der Waals surface area contributed by atoms with Crippen molar-refractivity contribution in [2.75, 3.05) is 38.4 Å². The van der Waals surface area contributed by atoms with E-state index in [1.54, 1.807) is 0 Å². The fourth-order valence-corrected chi connectivity index (χ4v) is 2.96. The van der Waals surface area contributed by atoms with Crippen LogP contribution in [0.4, 0.5) is 5.69 Å². The third-order valence-electron chi connectivity index (χ3n) is 4.44. The van der Waals surface area contributed by atoms with Gasteiger partial charge in [0.25, 0.3) is 0 Å². The highest BCUT2D eigenvalue weighted by molar-refractivity contribution is 5.56. The van der Waals surface area contributed by atoms with Gasteiger partial charge in [-0.25, -0.2) is 0 Å². The van der Waals surface area contributed by atoms with Crippen molar-refractivity contribution in [2.24, 2.45) is 0 Å². The molecule has 0 aromatic heterocycles. The Kier molecular flexibility index (Phi) is 7.81. The fraction of sp³-hybridized carbons (Fsp3) is 0.455. The van der Waals surface area contributed by atoms with Gasteiger partial charge in [-0.3, -0.25) is 0 Å². The molecule has 0 spiro atoms. The molecule has 1 heterocycles. The first-order valence-electron chi connectivity index (χ1n) is 9.72. The van der Waals surface area contributed by atoms with Gasteiger partial charge >= 0.3 is 0 Å². The van der Waals surface area contributed by atoms with Gasteiger partial charge in [0.05, 0.1) is 18.4 Å². The van der Waals surface area contributed by atoms with Gasteiger partial charge in [-0.1, -0.05) is 24.3 Å². The lowest BCUT2D eigenvalue weighted by Gasteiger charge is -2.16. The Labute approximate surface area is 161 Å². The van der Waals surface area contributed by atoms with E-state index in [4.69, 9.17) is 18.9 Å². The molecule has 1 aliphatic heterocycles. The quantitative estimate of drug-likeness (QED) is 0.598. The highest BCUT2D eigenvalue weighted by Gasteiger charge is 2.16. The van der Waals surface area contributed by atoms with Crippen molar-refractivity contribution in [3.63, 3.8) is 0 Å². The number of hydrogen-bond donors (Lipinski definition) is 1. The number of anilines is 1. The van der Waals surface area contributed by atoms with Crippen LogP contribution in [-0.4, -0.2) is 39.1 Å². The Hall–Kier alpha value is -2.24. The second-order valence-corrected chi connectivity index (χ2v) is 6.49. The molecule has 0 radical (unpaired) electrons. The topological polar surface area (TPSA) is 49.0 Å². The third-order valence-corrected chi connectivity index (χ3v) is 4.44. The predicted octanol–water partition coefficient (Wildman–Crippen LogP) is 4.27. The zero-order valence-electron chi connectivity index (χ0n) is 16.0. The maximum absolute atomic E-state index is 5.97. The molecular weight excluding hydrogens is 342 g/mol. The molecule has 2 aromatic carbocycles. The Morgan fingerprint density at radius 2 is 1.89 bits per heavy atom. The summed E-state index contributed by atoms with van der Waals surface area (Å²) in [5.74, 6) is 1.72. The van der Waals surface area contributed by atoms with E-state index >= 15 is 0 Å². The maximum Gasteiger partial charge on any atom is 0.142 e. The molecule has 146 valence electrons. The highest BCUT2D eigenvalue weighted by Crippen LogP contribution is 2.26. The van der Waals surface area contributed by atoms with Crippen LogP contribution >= 0.6 is 0 Å². The Bertz CT molecular complexity index is 668. The summed E-state index contributed by atoms with van der Waals surface area (Å²) in [7, 11) is 0. The minimum atomic E-state index is 0.216. The lowest BCUT2D eigenvalue weighted by molar-refractivity contribution is 0.0682. The molecule has 5 nitrogen and oxygen atoms in total. The fourth-order valence-electron chi connectivity index (χ4n) is 2.96. The van der Waals surface area contributed by atoms with E-state index in [-0.39, 0.29) is 6.10 Å². The summed E-state index contributed by atoms with van der Waals surface area (Å²) in [6, 6.07) is 16.1. The van der Waals surface area contributed by atoms with Crippen LogP contribution in [0.5, 0.6) is 11.5 Å². The van der Waals surface area contributed by atoms with Gasteiger partial charge in [0, 0.05) is 19.8 Å². The summed E-state index contributed by atoms with van der Waals surface area (Å²) in [5, 5.41) is 3.46. The monoisotopic (exact) mass is 371 g/mol. The minimum absolute atomic E-state index is 0.216. The predicted molar refractivity (Wildman–Crippen MR) is 107 cm³/mol. The second kappa shape index (κ2) is 10.8. The number of hydrogen-bond acceptors (Lipinski definition) is 5. The van der Waals surface area contributed by atoms with E-state index in [0.29, 0.717) is 26.4 Å². The van der Waals surface area contributed by atoms with Crippen LogP contribution in [-0.2, 0) is 16.0 Å². The van der Waals surface area contributed by atoms with Crippen molar-refractivity contribution in [1.82, 2.24) is 0 Å². The van der Waals surface area contributed by atoms with Crippen molar-refractivity contribution < 1.29 is 18.9 Å². The van der Waals surface area contributed by atoms with E-state index in [0.717, 1.165) is 43.2 Å². The van der Waals surface area contributed by atoms with E-state index in [1.807, 2.05) is 43.3 Å². The molecule has 2 aromatic rings. The lowest BCUT2D eigenvalue weighted by Crippen LogP contribution is -2.16. The molecule has 1 saturated heterocycles. The van der Waals surface area contributed by atoms with Crippen molar-refractivity contribution in [3.05, 3.63) is 54.1 Å². The summed E-state index contributed by atoms with van der Waals surface area (Å²) in [6.45, 7) is 6.05. The van der Waals surface area contributed by atoms with E-state index < -0.39 is 0 Å². The smallest absolute Gasteiger partial charge is 0.142 e. The van der Waals surface area contributed by atoms with Crippen molar-refractivity contribution in [2.45, 2.75) is 32.4 Å². The zero-order valence-corrected chi connectivity index (χ0v) is 16.0. The van der Waals surface area contributed by atoms with E-state index in [2.05, 4.69) is 17.4 Å². The SMILES string of the molecule is CCOCCOc1ccc(CNc2ccccc2OCC2CCCO2)cc1. The number of benzene rings is 2. The summed E-state index contributed by atoms with van der Waals surface area (Å²) in [6.07, 6.45) is 2.42. The van der Waals surface area contributed by atoms with Gasteiger partial charge in [0.2, 0.25) is 0 Å². The lowest BCUT2D eigenvalue weighted by atomic mass is 10.2. The average Bonchev–Trinajstić information content (AvgIpc) is 3.23. The average molecular weight is 371 g/mol. The minimum Gasteiger partial charge on any atom is -0.491 e. The molecule has 1 unspecified atom stereocenters. The Morgan fingerprint density at radius 3 is 2.67 bits per heavy atom. The highest BCUT2D eigenvalue weighted by atomic mass is 16.5. The molecule has 0 aliphatic carbocycles. The van der Waals surface area contributed by atoms with Crippen LogP contribution in [0, 0.1) is 0 Å². The first-order chi connectivity index (χ1) is 13.3. The van der Waals surface area contributed by atoms with Gasteiger partial charge in [-0.15, -0.1) is 0 Å². The number of ether oxygens (including phenoxy) is 4. The molecule has 3 rings (SSSR count). The number of nitrogens with one attached hydrogen (secondary N) is 1. The van der Waals surface area contributed by atoms with Crippen molar-refractivity contribution >= 4 is 5.69 Å². The van der Waals surface area contributed by atoms with Crippen LogP contribution in [0.15, 0.2) is 48.5 Å². The third kappa shape index (κ3) is 6.45. The van der Waals surface area contributed by atoms with Gasteiger partial charge < -0.3 is 24.3 Å². The first kappa shape index (κ1) is 19.5. The zero-order chi connectivity index (χ0) is 18.7. The van der Waals surface area contributed by atoms with Crippen LogP contribution in [0.2, 0.25) is 0 Å². The maximum atomic E-state index is 5.97. The molecule has 0 amide bonds. The molecule has 0 bridgehead atoms. The van der Waals surface area contributed by atoms with Crippen LogP contribution in [0.1, 0.15) is 25.3 Å². The second-order valence-electron chi connectivity index (χ2n) is 6.49. The molecule has 1 N–H and O–H groups in total. The molecule has 1 atom stereocenters.